The number of aromatic nitrogens is 1. The fraction of sp³-hybridized carbons (Fsp3) is 0.0769. The maximum Gasteiger partial charge on any atom is 0.142 e. The minimum atomic E-state index is 0.252. The van der Waals surface area contributed by atoms with Crippen LogP contribution >= 0.6 is 23.8 Å². The molecule has 0 atom stereocenters. The molecule has 1 aromatic heterocycles. The summed E-state index contributed by atoms with van der Waals surface area (Å²) in [6, 6.07) is 8.91. The van der Waals surface area contributed by atoms with Crippen LogP contribution in [0.25, 0.3) is 0 Å². The monoisotopic (exact) mass is 293 g/mol. The van der Waals surface area contributed by atoms with Gasteiger partial charge in [0.2, 0.25) is 0 Å². The Morgan fingerprint density at radius 2 is 2.16 bits per heavy atom. The highest BCUT2D eigenvalue weighted by Crippen LogP contribution is 2.30. The molecule has 4 nitrogen and oxygen atoms in total. The summed E-state index contributed by atoms with van der Waals surface area (Å²) in [7, 11) is 1.60. The van der Waals surface area contributed by atoms with E-state index < -0.39 is 0 Å². The second-order valence-electron chi connectivity index (χ2n) is 3.76. The Morgan fingerprint density at radius 3 is 2.84 bits per heavy atom. The van der Waals surface area contributed by atoms with E-state index in [1.54, 1.807) is 37.6 Å². The highest BCUT2D eigenvalue weighted by Gasteiger charge is 2.05. The number of nitrogens with zero attached hydrogens (tertiary/aromatic N) is 1. The molecule has 0 aliphatic heterocycles. The number of benzene rings is 1. The van der Waals surface area contributed by atoms with Gasteiger partial charge in [-0.2, -0.15) is 0 Å². The van der Waals surface area contributed by atoms with Gasteiger partial charge in [-0.15, -0.1) is 0 Å². The first-order chi connectivity index (χ1) is 9.10. The molecule has 19 heavy (non-hydrogen) atoms. The number of halogens is 1. The Labute approximate surface area is 121 Å². The van der Waals surface area contributed by atoms with Crippen LogP contribution in [0, 0.1) is 0 Å². The molecule has 3 N–H and O–H groups in total. The molecule has 0 saturated carbocycles. The summed E-state index contributed by atoms with van der Waals surface area (Å²) >= 11 is 10.9. The molecule has 0 amide bonds. The van der Waals surface area contributed by atoms with Crippen molar-refractivity contribution in [3.05, 3.63) is 47.2 Å². The van der Waals surface area contributed by atoms with Gasteiger partial charge in [-0.25, -0.2) is 0 Å². The van der Waals surface area contributed by atoms with Crippen molar-refractivity contribution in [1.82, 2.24) is 4.98 Å². The SMILES string of the molecule is COc1ccc(Cl)cc1Nc1ccnc(C(N)=S)c1. The van der Waals surface area contributed by atoms with Crippen molar-refractivity contribution in [3.8, 4) is 5.75 Å². The van der Waals surface area contributed by atoms with Crippen LogP contribution in [-0.2, 0) is 0 Å². The summed E-state index contributed by atoms with van der Waals surface area (Å²) in [5.74, 6) is 0.693. The van der Waals surface area contributed by atoms with Crippen molar-refractivity contribution in [2.24, 2.45) is 5.73 Å². The van der Waals surface area contributed by atoms with Crippen LogP contribution in [0.4, 0.5) is 11.4 Å². The second-order valence-corrected chi connectivity index (χ2v) is 4.64. The summed E-state index contributed by atoms with van der Waals surface area (Å²) in [6.45, 7) is 0. The molecule has 0 aliphatic rings. The van der Waals surface area contributed by atoms with E-state index in [0.29, 0.717) is 16.5 Å². The third-order valence-corrected chi connectivity index (χ3v) is 2.90. The van der Waals surface area contributed by atoms with Gasteiger partial charge in [0.25, 0.3) is 0 Å². The largest absolute Gasteiger partial charge is 0.495 e. The van der Waals surface area contributed by atoms with E-state index >= 15 is 0 Å². The van der Waals surface area contributed by atoms with Gasteiger partial charge < -0.3 is 15.8 Å². The lowest BCUT2D eigenvalue weighted by Crippen LogP contribution is -2.11. The fourth-order valence-corrected chi connectivity index (χ4v) is 1.86. The first kappa shape index (κ1) is 13.6. The summed E-state index contributed by atoms with van der Waals surface area (Å²) < 4.78 is 5.26. The average Bonchev–Trinajstić information content (AvgIpc) is 2.39. The van der Waals surface area contributed by atoms with Crippen molar-refractivity contribution in [2.75, 3.05) is 12.4 Å². The number of nitrogens with two attached hydrogens (primary N) is 1. The number of hydrogen-bond donors (Lipinski definition) is 2. The van der Waals surface area contributed by atoms with Crippen molar-refractivity contribution < 1.29 is 4.74 Å². The van der Waals surface area contributed by atoms with Crippen molar-refractivity contribution in [1.29, 1.82) is 0 Å². The van der Waals surface area contributed by atoms with E-state index in [4.69, 9.17) is 34.3 Å². The van der Waals surface area contributed by atoms with Crippen LogP contribution in [0.5, 0.6) is 5.75 Å². The van der Waals surface area contributed by atoms with Gasteiger partial charge in [0, 0.05) is 16.9 Å². The van der Waals surface area contributed by atoms with Crippen LogP contribution in [0.1, 0.15) is 5.69 Å². The number of methoxy groups -OCH3 is 1. The summed E-state index contributed by atoms with van der Waals surface area (Å²) in [4.78, 5) is 4.33. The summed E-state index contributed by atoms with van der Waals surface area (Å²) in [5, 5.41) is 3.81. The Morgan fingerprint density at radius 1 is 1.37 bits per heavy atom. The third-order valence-electron chi connectivity index (χ3n) is 2.45. The van der Waals surface area contributed by atoms with E-state index in [2.05, 4.69) is 10.3 Å². The van der Waals surface area contributed by atoms with Crippen LogP contribution in [0.15, 0.2) is 36.5 Å². The maximum absolute atomic E-state index is 5.97. The third kappa shape index (κ3) is 3.33. The second kappa shape index (κ2) is 5.86. The van der Waals surface area contributed by atoms with Crippen molar-refractivity contribution in [3.63, 3.8) is 0 Å². The van der Waals surface area contributed by atoms with Crippen molar-refractivity contribution >= 4 is 40.2 Å². The topological polar surface area (TPSA) is 60.2 Å². The molecule has 0 radical (unpaired) electrons. The highest BCUT2D eigenvalue weighted by molar-refractivity contribution is 7.80. The van der Waals surface area contributed by atoms with E-state index in [0.717, 1.165) is 11.4 Å². The lowest BCUT2D eigenvalue weighted by molar-refractivity contribution is 0.417. The Balaban J connectivity index is 2.33. The van der Waals surface area contributed by atoms with Crippen LogP contribution in [0.3, 0.4) is 0 Å². The number of nitrogens with one attached hydrogen (secondary N) is 1. The number of ether oxygens (including phenoxy) is 1. The number of rotatable bonds is 4. The van der Waals surface area contributed by atoms with Gasteiger partial charge in [-0.3, -0.25) is 4.98 Å². The van der Waals surface area contributed by atoms with Gasteiger partial charge in [0.1, 0.15) is 10.7 Å². The van der Waals surface area contributed by atoms with Gasteiger partial charge in [0.15, 0.2) is 0 Å². The molecule has 98 valence electrons. The van der Waals surface area contributed by atoms with E-state index in [9.17, 15) is 0 Å². The fourth-order valence-electron chi connectivity index (χ4n) is 1.58. The van der Waals surface area contributed by atoms with Crippen molar-refractivity contribution in [2.45, 2.75) is 0 Å². The Bertz CT molecular complexity index is 619. The minimum Gasteiger partial charge on any atom is -0.495 e. The molecule has 0 unspecified atom stereocenters. The molecule has 1 heterocycles. The zero-order chi connectivity index (χ0) is 13.8. The molecule has 2 rings (SSSR count). The molecule has 0 bridgehead atoms. The molecular weight excluding hydrogens is 282 g/mol. The number of thiocarbonyl (C=S) groups is 1. The molecule has 0 saturated heterocycles. The lowest BCUT2D eigenvalue weighted by Gasteiger charge is -2.12. The first-order valence-corrected chi connectivity index (χ1v) is 6.25. The zero-order valence-corrected chi connectivity index (χ0v) is 11.8. The molecule has 6 heteroatoms. The molecule has 2 aromatic rings. The average molecular weight is 294 g/mol. The number of hydrogen-bond acceptors (Lipinski definition) is 4. The van der Waals surface area contributed by atoms with Gasteiger partial charge in [-0.1, -0.05) is 23.8 Å². The molecular formula is C13H12ClN3OS. The van der Waals surface area contributed by atoms with Gasteiger partial charge >= 0.3 is 0 Å². The van der Waals surface area contributed by atoms with E-state index in [-0.39, 0.29) is 4.99 Å². The molecule has 0 spiro atoms. The molecule has 0 aliphatic carbocycles. The number of pyridine rings is 1. The maximum atomic E-state index is 5.97. The normalized spacial score (nSPS) is 10.0. The minimum absolute atomic E-state index is 0.252. The predicted octanol–water partition coefficient (Wildman–Crippen LogP) is 3.12. The van der Waals surface area contributed by atoms with E-state index in [1.165, 1.54) is 0 Å². The lowest BCUT2D eigenvalue weighted by atomic mass is 10.2. The van der Waals surface area contributed by atoms with Crippen LogP contribution in [-0.4, -0.2) is 17.1 Å². The molecule has 1 aromatic carbocycles. The standard InChI is InChI=1S/C13H12ClN3OS/c1-18-12-3-2-8(14)6-10(12)17-9-4-5-16-11(7-9)13(15)19/h2-7H,1H3,(H2,15,19)(H,16,17). The smallest absolute Gasteiger partial charge is 0.142 e. The predicted molar refractivity (Wildman–Crippen MR) is 81.4 cm³/mol. The Hall–Kier alpha value is -1.85. The zero-order valence-electron chi connectivity index (χ0n) is 10.2. The highest BCUT2D eigenvalue weighted by atomic mass is 35.5. The summed E-state index contributed by atoms with van der Waals surface area (Å²) in [6.07, 6.45) is 1.63. The Kier molecular flexibility index (Phi) is 4.19. The first-order valence-electron chi connectivity index (χ1n) is 5.46. The molecule has 0 fully saturated rings. The van der Waals surface area contributed by atoms with Gasteiger partial charge in [-0.05, 0) is 30.3 Å². The van der Waals surface area contributed by atoms with Gasteiger partial charge in [0.05, 0.1) is 18.5 Å². The quantitative estimate of drug-likeness (QED) is 0.848. The summed E-state index contributed by atoms with van der Waals surface area (Å²) in [5.41, 5.74) is 7.67. The van der Waals surface area contributed by atoms with Crippen LogP contribution < -0.4 is 15.8 Å². The van der Waals surface area contributed by atoms with E-state index in [1.807, 2.05) is 6.07 Å². The van der Waals surface area contributed by atoms with Crippen LogP contribution in [0.2, 0.25) is 5.02 Å². The number of anilines is 2.